The molecule has 5 rings (SSSR count). The van der Waals surface area contributed by atoms with Gasteiger partial charge in [-0.2, -0.15) is 13.2 Å². The van der Waals surface area contributed by atoms with Crippen LogP contribution in [-0.2, 0) is 11.0 Å². The molecule has 0 saturated carbocycles. The van der Waals surface area contributed by atoms with Gasteiger partial charge in [0.05, 0.1) is 35.8 Å². The van der Waals surface area contributed by atoms with Gasteiger partial charge in [0, 0.05) is 30.3 Å². The lowest BCUT2D eigenvalue weighted by atomic mass is 10.0. The fourth-order valence-electron chi connectivity index (χ4n) is 5.48. The molecule has 2 aliphatic rings. The molecule has 2 fully saturated rings. The lowest BCUT2D eigenvalue weighted by Crippen LogP contribution is -2.60. The van der Waals surface area contributed by atoms with E-state index in [1.54, 1.807) is 17.9 Å². The molecule has 2 saturated heterocycles. The largest absolute Gasteiger partial charge is 0.416 e. The van der Waals surface area contributed by atoms with Crippen molar-refractivity contribution >= 4 is 34.2 Å². The number of halogens is 4. The van der Waals surface area contributed by atoms with Crippen molar-refractivity contribution in [1.82, 2.24) is 25.2 Å². The van der Waals surface area contributed by atoms with Crippen molar-refractivity contribution in [3.05, 3.63) is 52.5 Å². The third-order valence-electron chi connectivity index (χ3n) is 7.54. The van der Waals surface area contributed by atoms with Crippen molar-refractivity contribution in [3.8, 4) is 0 Å². The Morgan fingerprint density at radius 1 is 1.21 bits per heavy atom. The summed E-state index contributed by atoms with van der Waals surface area (Å²) < 4.78 is 42.8. The monoisotopic (exact) mass is 550 g/mol. The first kappa shape index (κ1) is 26.7. The first-order valence-electron chi connectivity index (χ1n) is 12.8. The molecule has 0 spiro atoms. The third kappa shape index (κ3) is 5.19. The Hall–Kier alpha value is -2.89. The second-order valence-corrected chi connectivity index (χ2v) is 10.4. The Bertz CT molecular complexity index is 1310. The maximum atomic E-state index is 13.8. The zero-order valence-electron chi connectivity index (χ0n) is 21.0. The highest BCUT2D eigenvalue weighted by molar-refractivity contribution is 6.30. The average molecular weight is 551 g/mol. The van der Waals surface area contributed by atoms with Gasteiger partial charge >= 0.3 is 6.18 Å². The zero-order chi connectivity index (χ0) is 27.0. The first-order valence-corrected chi connectivity index (χ1v) is 13.2. The van der Waals surface area contributed by atoms with E-state index >= 15 is 0 Å². The summed E-state index contributed by atoms with van der Waals surface area (Å²) >= 11 is 5.87. The second-order valence-electron chi connectivity index (χ2n) is 9.93. The van der Waals surface area contributed by atoms with E-state index in [1.165, 1.54) is 16.8 Å². The van der Waals surface area contributed by atoms with E-state index in [0.29, 0.717) is 30.7 Å². The molecule has 8 nitrogen and oxygen atoms in total. The summed E-state index contributed by atoms with van der Waals surface area (Å²) in [5, 5.41) is 21.7. The molecule has 3 atom stereocenters. The highest BCUT2D eigenvalue weighted by Gasteiger charge is 2.36. The number of aromatic nitrogens is 3. The van der Waals surface area contributed by atoms with Crippen LogP contribution in [0.15, 0.2) is 36.4 Å². The van der Waals surface area contributed by atoms with Crippen LogP contribution >= 0.6 is 11.6 Å². The van der Waals surface area contributed by atoms with E-state index < -0.39 is 17.8 Å². The minimum absolute atomic E-state index is 0.00865. The topological polar surface area (TPSA) is 86.5 Å². The SMILES string of the molecule is CC(c1ccc(Cl)cc1C(F)(F)F)n1nnc2ccc(N3CCN(C(=O)[C@H]4CCCCN4)C(CO)C3)cc21. The number of anilines is 1. The molecule has 0 aliphatic carbocycles. The van der Waals surface area contributed by atoms with Gasteiger partial charge in [-0.15, -0.1) is 5.10 Å². The molecular weight excluding hydrogens is 521 g/mol. The van der Waals surface area contributed by atoms with Gasteiger partial charge in [-0.05, 0) is 62.2 Å². The molecular formula is C26H30ClF3N6O2. The van der Waals surface area contributed by atoms with Gasteiger partial charge in [0.15, 0.2) is 0 Å². The number of aliphatic hydroxyl groups is 1. The molecule has 3 heterocycles. The number of hydrogen-bond acceptors (Lipinski definition) is 6. The van der Waals surface area contributed by atoms with E-state index in [9.17, 15) is 23.1 Å². The maximum absolute atomic E-state index is 13.8. The van der Waals surface area contributed by atoms with E-state index in [0.717, 1.165) is 37.6 Å². The summed E-state index contributed by atoms with van der Waals surface area (Å²) in [4.78, 5) is 16.9. The number of alkyl halides is 3. The molecule has 2 aromatic carbocycles. The Morgan fingerprint density at radius 3 is 2.74 bits per heavy atom. The number of benzene rings is 2. The molecule has 204 valence electrons. The third-order valence-corrected chi connectivity index (χ3v) is 7.78. The number of piperazine rings is 1. The fraction of sp³-hybridized carbons (Fsp3) is 0.500. The Morgan fingerprint density at radius 2 is 2.03 bits per heavy atom. The molecule has 2 N–H and O–H groups in total. The summed E-state index contributed by atoms with van der Waals surface area (Å²) in [5.74, 6) is 0.0263. The van der Waals surface area contributed by atoms with E-state index in [4.69, 9.17) is 11.6 Å². The number of carbonyl (C=O) groups excluding carboxylic acids is 1. The Kier molecular flexibility index (Phi) is 7.52. The van der Waals surface area contributed by atoms with Crippen molar-refractivity contribution in [2.75, 3.05) is 37.7 Å². The highest BCUT2D eigenvalue weighted by Crippen LogP contribution is 2.38. The predicted octanol–water partition coefficient (Wildman–Crippen LogP) is 3.86. The molecule has 0 radical (unpaired) electrons. The number of hydrogen-bond donors (Lipinski definition) is 2. The van der Waals surface area contributed by atoms with Crippen LogP contribution in [0, 0.1) is 0 Å². The van der Waals surface area contributed by atoms with E-state index in [1.807, 2.05) is 12.1 Å². The highest BCUT2D eigenvalue weighted by atomic mass is 35.5. The molecule has 2 unspecified atom stereocenters. The van der Waals surface area contributed by atoms with Crippen LogP contribution in [0.1, 0.15) is 43.4 Å². The van der Waals surface area contributed by atoms with Crippen molar-refractivity contribution < 1.29 is 23.1 Å². The first-order chi connectivity index (χ1) is 18.2. The lowest BCUT2D eigenvalue weighted by Gasteiger charge is -2.43. The molecule has 3 aromatic rings. The summed E-state index contributed by atoms with van der Waals surface area (Å²) in [6.07, 6.45) is -1.71. The molecule has 2 aliphatic heterocycles. The van der Waals surface area contributed by atoms with E-state index in [-0.39, 0.29) is 35.2 Å². The molecule has 0 bridgehead atoms. The predicted molar refractivity (Wildman–Crippen MR) is 138 cm³/mol. The van der Waals surface area contributed by atoms with Crippen molar-refractivity contribution in [1.29, 1.82) is 0 Å². The number of rotatable bonds is 5. The van der Waals surface area contributed by atoms with E-state index in [2.05, 4.69) is 20.5 Å². The van der Waals surface area contributed by atoms with Crippen molar-refractivity contribution in [2.45, 2.75) is 50.5 Å². The number of piperidine rings is 1. The Balaban J connectivity index is 1.40. The van der Waals surface area contributed by atoms with Crippen LogP contribution in [0.3, 0.4) is 0 Å². The molecule has 1 amide bonds. The molecule has 38 heavy (non-hydrogen) atoms. The van der Waals surface area contributed by atoms with Crippen LogP contribution in [0.5, 0.6) is 0 Å². The summed E-state index contributed by atoms with van der Waals surface area (Å²) in [6.45, 7) is 3.77. The zero-order valence-corrected chi connectivity index (χ0v) is 21.7. The second kappa shape index (κ2) is 10.7. The fourth-order valence-corrected chi connectivity index (χ4v) is 5.65. The average Bonchev–Trinajstić information content (AvgIpc) is 3.35. The maximum Gasteiger partial charge on any atom is 0.416 e. The summed E-state index contributed by atoms with van der Waals surface area (Å²) in [6, 6.07) is 7.92. The standard InChI is InChI=1S/C26H30ClF3N6O2/c1-16(20-7-5-17(27)12-21(20)26(28,29)30)36-24-13-18(6-8-22(24)32-33-36)34-10-11-35(19(14-34)15-37)25(38)23-4-2-3-9-31-23/h5-8,12-13,16,19,23,31,37H,2-4,9-11,14-15H2,1H3/t16?,19?,23-/m1/s1. The van der Waals surface area contributed by atoms with Gasteiger partial charge < -0.3 is 20.2 Å². The van der Waals surface area contributed by atoms with Gasteiger partial charge in [0.25, 0.3) is 0 Å². The van der Waals surface area contributed by atoms with Gasteiger partial charge in [0.1, 0.15) is 5.52 Å². The van der Waals surface area contributed by atoms with Gasteiger partial charge in [-0.3, -0.25) is 4.79 Å². The van der Waals surface area contributed by atoms with Crippen LogP contribution in [0.2, 0.25) is 5.02 Å². The van der Waals surface area contributed by atoms with Gasteiger partial charge in [-0.25, -0.2) is 4.68 Å². The number of nitrogens with zero attached hydrogens (tertiary/aromatic N) is 5. The van der Waals surface area contributed by atoms with Crippen LogP contribution in [-0.4, -0.2) is 75.8 Å². The minimum atomic E-state index is -4.57. The number of amides is 1. The summed E-state index contributed by atoms with van der Waals surface area (Å²) in [7, 11) is 0. The minimum Gasteiger partial charge on any atom is -0.394 e. The van der Waals surface area contributed by atoms with Gasteiger partial charge in [-0.1, -0.05) is 29.3 Å². The van der Waals surface area contributed by atoms with Gasteiger partial charge in [0.2, 0.25) is 5.91 Å². The van der Waals surface area contributed by atoms with Crippen LogP contribution < -0.4 is 10.2 Å². The quantitative estimate of drug-likeness (QED) is 0.502. The number of carbonyl (C=O) groups is 1. The molecule has 12 heteroatoms. The van der Waals surface area contributed by atoms with Crippen LogP contribution in [0.4, 0.5) is 18.9 Å². The van der Waals surface area contributed by atoms with Crippen molar-refractivity contribution in [3.63, 3.8) is 0 Å². The number of nitrogens with one attached hydrogen (secondary N) is 1. The normalized spacial score (nSPS) is 21.6. The number of fused-ring (bicyclic) bond motifs is 1. The number of aliphatic hydroxyl groups excluding tert-OH is 1. The van der Waals surface area contributed by atoms with Crippen molar-refractivity contribution in [2.24, 2.45) is 0 Å². The lowest BCUT2D eigenvalue weighted by molar-refractivity contribution is -0.139. The van der Waals surface area contributed by atoms with Crippen LogP contribution in [0.25, 0.3) is 11.0 Å². The molecule has 1 aromatic heterocycles. The Labute approximate surface area is 223 Å². The smallest absolute Gasteiger partial charge is 0.394 e. The summed E-state index contributed by atoms with van der Waals surface area (Å²) in [5.41, 5.74) is 1.20.